The average Bonchev–Trinajstić information content (AvgIpc) is 2.40. The molecule has 2 aromatic rings. The number of rotatable bonds is 3. The number of hydrogen-bond acceptors (Lipinski definition) is 4. The second-order valence-electron chi connectivity index (χ2n) is 3.31. The molecule has 0 aliphatic rings. The van der Waals surface area contributed by atoms with Gasteiger partial charge in [0.05, 0.1) is 11.9 Å². The highest BCUT2D eigenvalue weighted by atomic mass is 79.9. The molecule has 0 aliphatic carbocycles. The summed E-state index contributed by atoms with van der Waals surface area (Å²) in [6.45, 7) is 1.98. The Morgan fingerprint density at radius 3 is 2.76 bits per heavy atom. The lowest BCUT2D eigenvalue weighted by Crippen LogP contribution is -1.92. The SMILES string of the molecule is C/C(=C\Br)Sc1nncc(-c2ccccc2)n1. The molecule has 0 radical (unpaired) electrons. The predicted molar refractivity (Wildman–Crippen MR) is 73.8 cm³/mol. The first-order valence-corrected chi connectivity index (χ1v) is 6.73. The fourth-order valence-electron chi connectivity index (χ4n) is 1.24. The lowest BCUT2D eigenvalue weighted by Gasteiger charge is -2.02. The smallest absolute Gasteiger partial charge is 0.214 e. The molecular formula is C12H10BrN3S. The van der Waals surface area contributed by atoms with Crippen molar-refractivity contribution in [1.29, 1.82) is 0 Å². The van der Waals surface area contributed by atoms with Crippen LogP contribution in [0.15, 0.2) is 51.6 Å². The molecule has 0 unspecified atom stereocenters. The summed E-state index contributed by atoms with van der Waals surface area (Å²) >= 11 is 4.76. The van der Waals surface area contributed by atoms with E-state index in [-0.39, 0.29) is 0 Å². The Hall–Kier alpha value is -1.20. The minimum atomic E-state index is 0.652. The first-order valence-electron chi connectivity index (χ1n) is 4.99. The number of halogens is 1. The standard InChI is InChI=1S/C12H10BrN3S/c1-9(7-13)17-12-15-11(8-14-16-12)10-5-3-2-4-6-10/h2-8H,1H3/b9-7+. The van der Waals surface area contributed by atoms with Crippen LogP contribution in [-0.4, -0.2) is 15.2 Å². The Bertz CT molecular complexity index is 528. The first-order chi connectivity index (χ1) is 8.29. The summed E-state index contributed by atoms with van der Waals surface area (Å²) < 4.78 is 0. The van der Waals surface area contributed by atoms with Crippen molar-refractivity contribution in [2.45, 2.75) is 12.1 Å². The molecule has 0 N–H and O–H groups in total. The molecular weight excluding hydrogens is 298 g/mol. The molecule has 0 bridgehead atoms. The van der Waals surface area contributed by atoms with Crippen LogP contribution in [0.4, 0.5) is 0 Å². The minimum absolute atomic E-state index is 0.652. The Balaban J connectivity index is 2.29. The molecule has 1 aromatic heterocycles. The van der Waals surface area contributed by atoms with Crippen molar-refractivity contribution in [3.8, 4) is 11.3 Å². The van der Waals surface area contributed by atoms with E-state index >= 15 is 0 Å². The maximum atomic E-state index is 4.46. The fourth-order valence-corrected chi connectivity index (χ4v) is 2.09. The van der Waals surface area contributed by atoms with Gasteiger partial charge in [0.2, 0.25) is 5.16 Å². The van der Waals surface area contributed by atoms with Crippen LogP contribution >= 0.6 is 27.7 Å². The van der Waals surface area contributed by atoms with Crippen LogP contribution in [-0.2, 0) is 0 Å². The van der Waals surface area contributed by atoms with Gasteiger partial charge in [-0.25, -0.2) is 4.98 Å². The van der Waals surface area contributed by atoms with Crippen molar-refractivity contribution in [1.82, 2.24) is 15.2 Å². The molecule has 0 saturated carbocycles. The van der Waals surface area contributed by atoms with Gasteiger partial charge in [0.15, 0.2) is 0 Å². The summed E-state index contributed by atoms with van der Waals surface area (Å²) in [6.07, 6.45) is 1.67. The van der Waals surface area contributed by atoms with Crippen molar-refractivity contribution >= 4 is 27.7 Å². The molecule has 2 rings (SSSR count). The third-order valence-corrected chi connectivity index (χ3v) is 3.80. The molecule has 0 saturated heterocycles. The third kappa shape index (κ3) is 3.38. The topological polar surface area (TPSA) is 38.7 Å². The van der Waals surface area contributed by atoms with Crippen LogP contribution in [0.25, 0.3) is 11.3 Å². The molecule has 0 fully saturated rings. The van der Waals surface area contributed by atoms with Gasteiger partial charge in [0, 0.05) is 5.56 Å². The number of nitrogens with zero attached hydrogens (tertiary/aromatic N) is 3. The molecule has 3 nitrogen and oxygen atoms in total. The van der Waals surface area contributed by atoms with Gasteiger partial charge in [-0.1, -0.05) is 58.0 Å². The summed E-state index contributed by atoms with van der Waals surface area (Å²) in [6, 6.07) is 9.95. The zero-order chi connectivity index (χ0) is 12.1. The van der Waals surface area contributed by atoms with Gasteiger partial charge < -0.3 is 0 Å². The van der Waals surface area contributed by atoms with Crippen molar-refractivity contribution < 1.29 is 0 Å². The number of allylic oxidation sites excluding steroid dienone is 1. The normalized spacial score (nSPS) is 11.5. The molecule has 0 atom stereocenters. The maximum Gasteiger partial charge on any atom is 0.214 e. The van der Waals surface area contributed by atoms with Crippen LogP contribution < -0.4 is 0 Å². The van der Waals surface area contributed by atoms with Gasteiger partial charge in [-0.3, -0.25) is 0 Å². The van der Waals surface area contributed by atoms with Crippen LogP contribution in [0.3, 0.4) is 0 Å². The van der Waals surface area contributed by atoms with E-state index in [1.165, 1.54) is 11.8 Å². The van der Waals surface area contributed by atoms with Crippen LogP contribution in [0, 0.1) is 0 Å². The average molecular weight is 308 g/mol. The van der Waals surface area contributed by atoms with Crippen molar-refractivity contribution in [3.05, 3.63) is 46.4 Å². The number of aromatic nitrogens is 3. The van der Waals surface area contributed by atoms with Crippen molar-refractivity contribution in [2.24, 2.45) is 0 Å². The van der Waals surface area contributed by atoms with Gasteiger partial charge in [-0.2, -0.15) is 5.10 Å². The van der Waals surface area contributed by atoms with Crippen LogP contribution in [0.1, 0.15) is 6.92 Å². The van der Waals surface area contributed by atoms with Gasteiger partial charge in [0.25, 0.3) is 0 Å². The van der Waals surface area contributed by atoms with E-state index in [0.29, 0.717) is 5.16 Å². The van der Waals surface area contributed by atoms with Gasteiger partial charge in [0.1, 0.15) is 0 Å². The van der Waals surface area contributed by atoms with E-state index in [1.54, 1.807) is 6.20 Å². The Morgan fingerprint density at radius 2 is 2.06 bits per heavy atom. The molecule has 0 aliphatic heterocycles. The van der Waals surface area contributed by atoms with Gasteiger partial charge in [-0.15, -0.1) is 5.10 Å². The second kappa shape index (κ2) is 5.93. The highest BCUT2D eigenvalue weighted by Crippen LogP contribution is 2.24. The quantitative estimate of drug-likeness (QED) is 0.806. The minimum Gasteiger partial charge on any atom is -0.219 e. The predicted octanol–water partition coefficient (Wildman–Crippen LogP) is 3.89. The van der Waals surface area contributed by atoms with Crippen molar-refractivity contribution in [3.63, 3.8) is 0 Å². The summed E-state index contributed by atoms with van der Waals surface area (Å²) in [5, 5.41) is 8.62. The highest BCUT2D eigenvalue weighted by Gasteiger charge is 2.04. The van der Waals surface area contributed by atoms with E-state index in [4.69, 9.17) is 0 Å². The van der Waals surface area contributed by atoms with E-state index < -0.39 is 0 Å². The molecule has 5 heteroatoms. The van der Waals surface area contributed by atoms with Crippen LogP contribution in [0.2, 0.25) is 0 Å². The van der Waals surface area contributed by atoms with E-state index in [1.807, 2.05) is 42.2 Å². The lowest BCUT2D eigenvalue weighted by molar-refractivity contribution is 0.846. The Morgan fingerprint density at radius 1 is 1.29 bits per heavy atom. The summed E-state index contributed by atoms with van der Waals surface area (Å²) in [7, 11) is 0. The Kier molecular flexibility index (Phi) is 4.28. The number of hydrogen-bond donors (Lipinski definition) is 0. The highest BCUT2D eigenvalue weighted by molar-refractivity contribution is 9.11. The first kappa shape index (κ1) is 12.3. The summed E-state index contributed by atoms with van der Waals surface area (Å²) in [5.74, 6) is 0. The molecule has 17 heavy (non-hydrogen) atoms. The van der Waals surface area contributed by atoms with Crippen molar-refractivity contribution in [2.75, 3.05) is 0 Å². The maximum absolute atomic E-state index is 4.46. The fraction of sp³-hybridized carbons (Fsp3) is 0.0833. The number of thioether (sulfide) groups is 1. The van der Waals surface area contributed by atoms with Gasteiger partial charge in [-0.05, 0) is 16.8 Å². The van der Waals surface area contributed by atoms with E-state index in [9.17, 15) is 0 Å². The van der Waals surface area contributed by atoms with Gasteiger partial charge >= 0.3 is 0 Å². The molecule has 0 spiro atoms. The molecule has 0 amide bonds. The molecule has 1 aromatic carbocycles. The zero-order valence-corrected chi connectivity index (χ0v) is 11.6. The molecule has 86 valence electrons. The monoisotopic (exact) mass is 307 g/mol. The van der Waals surface area contributed by atoms with E-state index in [0.717, 1.165) is 16.2 Å². The lowest BCUT2D eigenvalue weighted by atomic mass is 10.2. The summed E-state index contributed by atoms with van der Waals surface area (Å²) in [5.41, 5.74) is 1.88. The second-order valence-corrected chi connectivity index (χ2v) is 4.98. The third-order valence-electron chi connectivity index (χ3n) is 2.01. The zero-order valence-electron chi connectivity index (χ0n) is 9.17. The largest absolute Gasteiger partial charge is 0.219 e. The Labute approximate surface area is 113 Å². The van der Waals surface area contributed by atoms with E-state index in [2.05, 4.69) is 31.1 Å². The molecule has 1 heterocycles. The number of benzene rings is 1. The van der Waals surface area contributed by atoms with Crippen LogP contribution in [0.5, 0.6) is 0 Å². The summed E-state index contributed by atoms with van der Waals surface area (Å²) in [4.78, 5) is 7.38.